The summed E-state index contributed by atoms with van der Waals surface area (Å²) in [7, 11) is 2.03. The highest BCUT2D eigenvalue weighted by atomic mass is 15.3. The van der Waals surface area contributed by atoms with Gasteiger partial charge < -0.3 is 10.2 Å². The molecule has 2 heteroatoms. The normalized spacial score (nSPS) is 34.9. The van der Waals surface area contributed by atoms with Gasteiger partial charge >= 0.3 is 0 Å². The second kappa shape index (κ2) is 2.54. The van der Waals surface area contributed by atoms with Crippen molar-refractivity contribution in [3.63, 3.8) is 0 Å². The van der Waals surface area contributed by atoms with E-state index in [1.165, 1.54) is 25.0 Å². The van der Waals surface area contributed by atoms with Crippen molar-refractivity contribution in [2.24, 2.45) is 5.92 Å². The van der Waals surface area contributed by atoms with E-state index in [0.29, 0.717) is 12.0 Å². The van der Waals surface area contributed by atoms with E-state index in [0.717, 1.165) is 5.82 Å². The van der Waals surface area contributed by atoms with E-state index in [1.54, 1.807) is 0 Å². The van der Waals surface area contributed by atoms with Crippen molar-refractivity contribution in [3.8, 4) is 0 Å². The van der Waals surface area contributed by atoms with Crippen LogP contribution in [0.25, 0.3) is 0 Å². The summed E-state index contributed by atoms with van der Waals surface area (Å²) >= 11 is 0. The van der Waals surface area contributed by atoms with Crippen LogP contribution in [0, 0.1) is 5.92 Å². The van der Waals surface area contributed by atoms with Gasteiger partial charge in [0.25, 0.3) is 0 Å². The standard InChI is InChI=1S/C10H16N2/c1-7-9-5-4-6-10(9)11-8(2)12(7)3/h9-11H,1-2,4-6H2,3H3. The van der Waals surface area contributed by atoms with Gasteiger partial charge in [-0.3, -0.25) is 0 Å². The first-order valence-corrected chi connectivity index (χ1v) is 4.58. The van der Waals surface area contributed by atoms with Gasteiger partial charge in [0.2, 0.25) is 0 Å². The molecule has 1 N–H and O–H groups in total. The minimum atomic E-state index is 0.612. The molecule has 1 saturated carbocycles. The highest BCUT2D eigenvalue weighted by molar-refractivity contribution is 5.18. The zero-order valence-electron chi connectivity index (χ0n) is 7.64. The molecule has 1 heterocycles. The van der Waals surface area contributed by atoms with E-state index in [2.05, 4.69) is 23.4 Å². The average molecular weight is 164 g/mol. The van der Waals surface area contributed by atoms with Gasteiger partial charge in [-0.1, -0.05) is 19.6 Å². The Morgan fingerprint density at radius 1 is 1.42 bits per heavy atom. The molecule has 0 aromatic carbocycles. The molecular formula is C10H16N2. The first-order chi connectivity index (χ1) is 5.70. The summed E-state index contributed by atoms with van der Waals surface area (Å²) in [6.45, 7) is 8.07. The zero-order valence-corrected chi connectivity index (χ0v) is 7.64. The Morgan fingerprint density at radius 3 is 2.92 bits per heavy atom. The molecule has 2 rings (SSSR count). The van der Waals surface area contributed by atoms with Crippen molar-refractivity contribution in [2.75, 3.05) is 7.05 Å². The highest BCUT2D eigenvalue weighted by Gasteiger charge is 2.35. The van der Waals surface area contributed by atoms with Crippen molar-refractivity contribution in [2.45, 2.75) is 25.3 Å². The maximum atomic E-state index is 4.11. The van der Waals surface area contributed by atoms with Gasteiger partial charge in [0.1, 0.15) is 0 Å². The summed E-state index contributed by atoms with van der Waals surface area (Å²) < 4.78 is 0. The lowest BCUT2D eigenvalue weighted by molar-refractivity contribution is 0.296. The third-order valence-electron chi connectivity index (χ3n) is 3.13. The molecular weight excluding hydrogens is 148 g/mol. The summed E-state index contributed by atoms with van der Waals surface area (Å²) in [5.74, 6) is 1.66. The van der Waals surface area contributed by atoms with Gasteiger partial charge in [-0.15, -0.1) is 0 Å². The summed E-state index contributed by atoms with van der Waals surface area (Å²) in [6.07, 6.45) is 3.88. The molecule has 66 valence electrons. The number of hydrogen-bond acceptors (Lipinski definition) is 2. The molecule has 0 bridgehead atoms. The predicted molar refractivity (Wildman–Crippen MR) is 50.3 cm³/mol. The van der Waals surface area contributed by atoms with E-state index in [4.69, 9.17) is 0 Å². The van der Waals surface area contributed by atoms with Crippen LogP contribution in [0.2, 0.25) is 0 Å². The number of nitrogens with one attached hydrogen (secondary N) is 1. The number of rotatable bonds is 0. The van der Waals surface area contributed by atoms with Crippen molar-refractivity contribution in [3.05, 3.63) is 24.7 Å². The van der Waals surface area contributed by atoms with Crippen molar-refractivity contribution in [1.82, 2.24) is 10.2 Å². The molecule has 0 spiro atoms. The molecule has 2 aliphatic rings. The van der Waals surface area contributed by atoms with Crippen molar-refractivity contribution >= 4 is 0 Å². The monoisotopic (exact) mass is 164 g/mol. The number of nitrogens with zero attached hydrogens (tertiary/aromatic N) is 1. The van der Waals surface area contributed by atoms with Crippen molar-refractivity contribution in [1.29, 1.82) is 0 Å². The van der Waals surface area contributed by atoms with Gasteiger partial charge in [-0.2, -0.15) is 0 Å². The minimum Gasteiger partial charge on any atom is -0.369 e. The molecule has 2 nitrogen and oxygen atoms in total. The lowest BCUT2D eigenvalue weighted by Crippen LogP contribution is -2.45. The summed E-state index contributed by atoms with van der Waals surface area (Å²) in [5.41, 5.74) is 1.24. The van der Waals surface area contributed by atoms with Gasteiger partial charge in [0.15, 0.2) is 0 Å². The fourth-order valence-corrected chi connectivity index (χ4v) is 2.26. The Kier molecular flexibility index (Phi) is 1.63. The Labute approximate surface area is 73.9 Å². The van der Waals surface area contributed by atoms with Crippen LogP contribution >= 0.6 is 0 Å². The molecule has 0 aromatic rings. The molecule has 0 amide bonds. The van der Waals surface area contributed by atoms with E-state index in [-0.39, 0.29) is 0 Å². The highest BCUT2D eigenvalue weighted by Crippen LogP contribution is 2.36. The SMILES string of the molecule is C=C1NC2CCCC2C(=C)N1C. The first kappa shape index (κ1) is 7.71. The fraction of sp³-hybridized carbons (Fsp3) is 0.600. The Bertz CT molecular complexity index is 232. The molecule has 12 heavy (non-hydrogen) atoms. The van der Waals surface area contributed by atoms with Gasteiger partial charge in [-0.05, 0) is 12.8 Å². The molecule has 0 aromatic heterocycles. The lowest BCUT2D eigenvalue weighted by Gasteiger charge is -2.39. The molecule has 2 fully saturated rings. The van der Waals surface area contributed by atoms with Crippen LogP contribution in [-0.4, -0.2) is 18.0 Å². The maximum Gasteiger partial charge on any atom is 0.0980 e. The average Bonchev–Trinajstić information content (AvgIpc) is 2.48. The maximum absolute atomic E-state index is 4.11. The molecule has 1 aliphatic carbocycles. The Hall–Kier alpha value is -0.920. The molecule has 0 radical (unpaired) electrons. The van der Waals surface area contributed by atoms with Crippen LogP contribution in [-0.2, 0) is 0 Å². The van der Waals surface area contributed by atoms with Crippen LogP contribution in [0.15, 0.2) is 24.7 Å². The quantitative estimate of drug-likeness (QED) is 0.586. The smallest absolute Gasteiger partial charge is 0.0980 e. The molecule has 1 saturated heterocycles. The van der Waals surface area contributed by atoms with Gasteiger partial charge in [0.05, 0.1) is 5.82 Å². The van der Waals surface area contributed by atoms with Gasteiger partial charge in [0, 0.05) is 24.7 Å². The summed E-state index contributed by atoms with van der Waals surface area (Å²) in [4.78, 5) is 2.08. The van der Waals surface area contributed by atoms with E-state index in [9.17, 15) is 0 Å². The largest absolute Gasteiger partial charge is 0.369 e. The summed E-state index contributed by atoms with van der Waals surface area (Å²) in [6, 6.07) is 0.612. The molecule has 2 atom stereocenters. The van der Waals surface area contributed by atoms with Crippen LogP contribution in [0.5, 0.6) is 0 Å². The van der Waals surface area contributed by atoms with E-state index < -0.39 is 0 Å². The van der Waals surface area contributed by atoms with Gasteiger partial charge in [-0.25, -0.2) is 0 Å². The second-order valence-electron chi connectivity index (χ2n) is 3.79. The minimum absolute atomic E-state index is 0.612. The lowest BCUT2D eigenvalue weighted by atomic mass is 9.97. The van der Waals surface area contributed by atoms with E-state index in [1.807, 2.05) is 7.05 Å². The number of hydrogen-bond donors (Lipinski definition) is 1. The predicted octanol–water partition coefficient (Wildman–Crippen LogP) is 1.68. The zero-order chi connectivity index (χ0) is 8.72. The first-order valence-electron chi connectivity index (χ1n) is 4.58. The van der Waals surface area contributed by atoms with Crippen LogP contribution in [0.3, 0.4) is 0 Å². The third kappa shape index (κ3) is 0.942. The molecule has 2 unspecified atom stereocenters. The Morgan fingerprint density at radius 2 is 2.17 bits per heavy atom. The van der Waals surface area contributed by atoms with Crippen LogP contribution in [0.1, 0.15) is 19.3 Å². The van der Waals surface area contributed by atoms with Crippen LogP contribution in [0.4, 0.5) is 0 Å². The molecule has 1 aliphatic heterocycles. The number of fused-ring (bicyclic) bond motifs is 1. The van der Waals surface area contributed by atoms with Crippen LogP contribution < -0.4 is 5.32 Å². The van der Waals surface area contributed by atoms with Crippen molar-refractivity contribution < 1.29 is 0 Å². The second-order valence-corrected chi connectivity index (χ2v) is 3.79. The Balaban J connectivity index is 2.21. The topological polar surface area (TPSA) is 15.3 Å². The fourth-order valence-electron chi connectivity index (χ4n) is 2.26. The summed E-state index contributed by atoms with van der Waals surface area (Å²) in [5, 5.41) is 3.43. The third-order valence-corrected chi connectivity index (χ3v) is 3.13. The van der Waals surface area contributed by atoms with E-state index >= 15 is 0 Å².